The molecule has 0 aromatic heterocycles. The van der Waals surface area contributed by atoms with Gasteiger partial charge in [0, 0.05) is 12.0 Å². The van der Waals surface area contributed by atoms with Crippen LogP contribution in [-0.4, -0.2) is 5.78 Å². The molecule has 3 fully saturated rings. The van der Waals surface area contributed by atoms with Crippen molar-refractivity contribution in [2.75, 3.05) is 0 Å². The molecule has 0 N–H and O–H groups in total. The third kappa shape index (κ3) is 2.76. The number of ketones is 1. The Hall–Kier alpha value is -0.590. The Balaban J connectivity index is 1.60. The molecule has 0 aromatic rings. The van der Waals surface area contributed by atoms with E-state index in [4.69, 9.17) is 0 Å². The predicted octanol–water partition coefficient (Wildman–Crippen LogP) is 8.52. The second-order valence-corrected chi connectivity index (χ2v) is 15.1. The summed E-state index contributed by atoms with van der Waals surface area (Å²) in [5.74, 6) is 2.01. The highest BCUT2D eigenvalue weighted by atomic mass is 16.1. The second kappa shape index (κ2) is 6.29. The minimum atomic E-state index is 0.106. The summed E-state index contributed by atoms with van der Waals surface area (Å²) < 4.78 is 0. The molecule has 5 aliphatic carbocycles. The van der Waals surface area contributed by atoms with Crippen molar-refractivity contribution in [2.45, 2.75) is 126 Å². The van der Waals surface area contributed by atoms with Crippen molar-refractivity contribution >= 4 is 5.78 Å². The van der Waals surface area contributed by atoms with E-state index in [0.717, 1.165) is 18.8 Å². The van der Waals surface area contributed by atoms with E-state index in [-0.39, 0.29) is 10.8 Å². The Morgan fingerprint density at radius 3 is 2.00 bits per heavy atom. The standard InChI is InChI=1S/C30H48O/c1-25(2)13-14-27(5)15-17-29(7)22-10-9-20-24(21(31)11-12-26(20,3)4)28(22,6)16-18-30(29,8)23(27)19-25/h22-23H,9-19H2,1-8H3/t22-,23+,27+,28+,29+,30-/m0/s1. The molecule has 0 bridgehead atoms. The van der Waals surface area contributed by atoms with Crippen molar-refractivity contribution in [2.24, 2.45) is 44.3 Å². The molecule has 0 amide bonds. The molecule has 0 aromatic carbocycles. The summed E-state index contributed by atoms with van der Waals surface area (Å²) in [6.45, 7) is 20.4. The van der Waals surface area contributed by atoms with Crippen LogP contribution in [0.3, 0.4) is 0 Å². The molecule has 174 valence electrons. The first-order valence-electron chi connectivity index (χ1n) is 13.5. The van der Waals surface area contributed by atoms with E-state index in [2.05, 4.69) is 55.4 Å². The minimum absolute atomic E-state index is 0.106. The van der Waals surface area contributed by atoms with E-state index < -0.39 is 0 Å². The van der Waals surface area contributed by atoms with E-state index in [1.807, 2.05) is 0 Å². The SMILES string of the molecule is CC1(C)CC[C@]2(C)CC[C@]3(C)[C@H]4CCC5=C(C(=O)CCC5(C)C)[C@]4(C)CC[C@@]3(C)[C@@H]2C1. The third-order valence-electron chi connectivity index (χ3n) is 12.6. The summed E-state index contributed by atoms with van der Waals surface area (Å²) in [5, 5.41) is 0. The van der Waals surface area contributed by atoms with Crippen LogP contribution >= 0.6 is 0 Å². The van der Waals surface area contributed by atoms with Crippen LogP contribution in [0.1, 0.15) is 126 Å². The van der Waals surface area contributed by atoms with Gasteiger partial charge in [0.2, 0.25) is 0 Å². The molecule has 0 saturated heterocycles. The zero-order valence-corrected chi connectivity index (χ0v) is 21.8. The number of carbonyl (C=O) groups excluding carboxylic acids is 1. The lowest BCUT2D eigenvalue weighted by atomic mass is 9.32. The van der Waals surface area contributed by atoms with Gasteiger partial charge in [-0.05, 0) is 109 Å². The minimum Gasteiger partial charge on any atom is -0.295 e. The molecular weight excluding hydrogens is 376 g/mol. The van der Waals surface area contributed by atoms with Crippen LogP contribution in [0.15, 0.2) is 11.1 Å². The fourth-order valence-corrected chi connectivity index (χ4v) is 10.2. The largest absolute Gasteiger partial charge is 0.295 e. The normalized spacial score (nSPS) is 50.8. The third-order valence-corrected chi connectivity index (χ3v) is 12.6. The van der Waals surface area contributed by atoms with Gasteiger partial charge in [-0.2, -0.15) is 0 Å². The Morgan fingerprint density at radius 2 is 1.29 bits per heavy atom. The van der Waals surface area contributed by atoms with Gasteiger partial charge < -0.3 is 0 Å². The molecule has 0 radical (unpaired) electrons. The topological polar surface area (TPSA) is 17.1 Å². The van der Waals surface area contributed by atoms with Crippen molar-refractivity contribution in [3.05, 3.63) is 11.1 Å². The quantitative estimate of drug-likeness (QED) is 0.381. The van der Waals surface area contributed by atoms with Crippen LogP contribution < -0.4 is 0 Å². The molecular formula is C30H48O. The van der Waals surface area contributed by atoms with Crippen LogP contribution in [0.2, 0.25) is 0 Å². The zero-order chi connectivity index (χ0) is 22.7. The number of rotatable bonds is 0. The number of Topliss-reactive ketones (excluding diaryl/α,β-unsaturated/α-hetero) is 1. The van der Waals surface area contributed by atoms with Crippen molar-refractivity contribution in [1.29, 1.82) is 0 Å². The van der Waals surface area contributed by atoms with E-state index >= 15 is 0 Å². The molecule has 0 aliphatic heterocycles. The second-order valence-electron chi connectivity index (χ2n) is 15.1. The van der Waals surface area contributed by atoms with Crippen LogP contribution in [0, 0.1) is 44.3 Å². The maximum atomic E-state index is 13.4. The maximum Gasteiger partial charge on any atom is 0.159 e. The van der Waals surface area contributed by atoms with Gasteiger partial charge in [0.1, 0.15) is 0 Å². The van der Waals surface area contributed by atoms with Gasteiger partial charge in [0.25, 0.3) is 0 Å². The van der Waals surface area contributed by atoms with Gasteiger partial charge in [-0.1, -0.05) is 61.0 Å². The summed E-state index contributed by atoms with van der Waals surface area (Å²) in [4.78, 5) is 13.4. The lowest BCUT2D eigenvalue weighted by Crippen LogP contribution is -2.65. The molecule has 0 unspecified atom stereocenters. The lowest BCUT2D eigenvalue weighted by molar-refractivity contribution is -0.217. The van der Waals surface area contributed by atoms with Crippen LogP contribution in [0.4, 0.5) is 0 Å². The lowest BCUT2D eigenvalue weighted by Gasteiger charge is -2.72. The van der Waals surface area contributed by atoms with Crippen LogP contribution in [0.5, 0.6) is 0 Å². The van der Waals surface area contributed by atoms with E-state index in [9.17, 15) is 4.79 Å². The average Bonchev–Trinajstić information content (AvgIpc) is 2.68. The van der Waals surface area contributed by atoms with Crippen molar-refractivity contribution in [3.8, 4) is 0 Å². The smallest absolute Gasteiger partial charge is 0.159 e. The van der Waals surface area contributed by atoms with Gasteiger partial charge in [-0.25, -0.2) is 0 Å². The Kier molecular flexibility index (Phi) is 4.51. The monoisotopic (exact) mass is 424 g/mol. The molecule has 0 heterocycles. The first-order valence-corrected chi connectivity index (χ1v) is 13.5. The summed E-state index contributed by atoms with van der Waals surface area (Å²) in [6, 6.07) is 0. The molecule has 5 aliphatic rings. The molecule has 3 saturated carbocycles. The number of hydrogen-bond donors (Lipinski definition) is 0. The molecule has 1 heteroatoms. The summed E-state index contributed by atoms with van der Waals surface area (Å²) in [6.07, 6.45) is 13.8. The first kappa shape index (κ1) is 22.2. The molecule has 5 rings (SSSR count). The number of hydrogen-bond acceptors (Lipinski definition) is 1. The summed E-state index contributed by atoms with van der Waals surface area (Å²) in [5.41, 5.74) is 4.98. The summed E-state index contributed by atoms with van der Waals surface area (Å²) in [7, 11) is 0. The molecule has 31 heavy (non-hydrogen) atoms. The van der Waals surface area contributed by atoms with Crippen LogP contribution in [0.25, 0.3) is 0 Å². The van der Waals surface area contributed by atoms with Crippen molar-refractivity contribution in [3.63, 3.8) is 0 Å². The van der Waals surface area contributed by atoms with Gasteiger partial charge in [0.05, 0.1) is 0 Å². The van der Waals surface area contributed by atoms with Crippen LogP contribution in [-0.2, 0) is 4.79 Å². The van der Waals surface area contributed by atoms with Crippen molar-refractivity contribution < 1.29 is 4.79 Å². The van der Waals surface area contributed by atoms with Gasteiger partial charge >= 0.3 is 0 Å². The van der Waals surface area contributed by atoms with E-state index in [1.165, 1.54) is 63.4 Å². The van der Waals surface area contributed by atoms with Crippen molar-refractivity contribution in [1.82, 2.24) is 0 Å². The fraction of sp³-hybridized carbons (Fsp3) is 0.900. The van der Waals surface area contributed by atoms with E-state index in [1.54, 1.807) is 5.57 Å². The fourth-order valence-electron chi connectivity index (χ4n) is 10.2. The number of carbonyl (C=O) groups is 1. The molecule has 0 spiro atoms. The number of fused-ring (bicyclic) bond motifs is 6. The highest BCUT2D eigenvalue weighted by Crippen LogP contribution is 2.76. The Morgan fingerprint density at radius 1 is 0.677 bits per heavy atom. The predicted molar refractivity (Wildman–Crippen MR) is 130 cm³/mol. The highest BCUT2D eigenvalue weighted by molar-refractivity contribution is 5.99. The highest BCUT2D eigenvalue weighted by Gasteiger charge is 2.68. The van der Waals surface area contributed by atoms with Gasteiger partial charge in [-0.15, -0.1) is 0 Å². The summed E-state index contributed by atoms with van der Waals surface area (Å²) >= 11 is 0. The molecule has 1 nitrogen and oxygen atoms in total. The van der Waals surface area contributed by atoms with Gasteiger partial charge in [-0.3, -0.25) is 4.79 Å². The maximum absolute atomic E-state index is 13.4. The Bertz CT molecular complexity index is 844. The van der Waals surface area contributed by atoms with E-state index in [0.29, 0.717) is 33.4 Å². The Labute approximate surface area is 192 Å². The van der Waals surface area contributed by atoms with Gasteiger partial charge in [0.15, 0.2) is 5.78 Å². The number of allylic oxidation sites excluding steroid dienone is 2. The average molecular weight is 425 g/mol. The molecule has 6 atom stereocenters. The first-order chi connectivity index (χ1) is 14.2. The zero-order valence-electron chi connectivity index (χ0n) is 21.8.